The topological polar surface area (TPSA) is 0 Å². The molecule has 0 aliphatic heterocycles. The smallest absolute Gasteiger partial charge is 0.0256 e. The monoisotopic (exact) mass is 82.1 g/mol. The lowest BCUT2D eigenvalue weighted by atomic mass is 10.2. The maximum atomic E-state index is 3.71. The van der Waals surface area contributed by atoms with Gasteiger partial charge < -0.3 is 0 Å². The molecule has 0 aromatic heterocycles. The summed E-state index contributed by atoms with van der Waals surface area (Å²) in [6.07, 6.45) is 4.81. The average Bonchev–Trinajstić information content (AvgIpc) is 1.35. The second kappa shape index (κ2) is 2.95. The maximum absolute atomic E-state index is 3.71. The van der Waals surface area contributed by atoms with Crippen LogP contribution in [0.15, 0.2) is 6.08 Å². The van der Waals surface area contributed by atoms with Crippen LogP contribution in [0, 0.1) is 18.9 Å². The Morgan fingerprint density at radius 2 is 2.33 bits per heavy atom. The first-order chi connectivity index (χ1) is 2.77. The van der Waals surface area contributed by atoms with Crippen molar-refractivity contribution in [3.8, 4) is 0 Å². The lowest BCUT2D eigenvalue weighted by Gasteiger charge is -1.86. The number of allylic oxidation sites excluding steroid dienone is 2. The summed E-state index contributed by atoms with van der Waals surface area (Å²) >= 11 is 0. The molecule has 0 aliphatic rings. The third kappa shape index (κ3) is 3.74. The molecule has 0 bridgehead atoms. The summed E-state index contributed by atoms with van der Waals surface area (Å²) in [5.41, 5.74) is 0. The molecule has 0 amide bonds. The average molecular weight is 82.1 g/mol. The minimum absolute atomic E-state index is 0.412. The first-order valence-corrected chi connectivity index (χ1v) is 2.11. The highest BCUT2D eigenvalue weighted by atomic mass is 13.8. The summed E-state index contributed by atoms with van der Waals surface area (Å²) in [4.78, 5) is 0. The molecule has 0 saturated heterocycles. The Labute approximate surface area is 39.9 Å². The van der Waals surface area contributed by atoms with Crippen molar-refractivity contribution in [2.24, 2.45) is 5.92 Å². The van der Waals surface area contributed by atoms with E-state index in [4.69, 9.17) is 0 Å². The minimum Gasteiger partial charge on any atom is -0.0785 e. The number of rotatable bonds is 1. The molecule has 0 aliphatic carbocycles. The molecule has 1 atom stereocenters. The lowest BCUT2D eigenvalue weighted by Crippen LogP contribution is -1.74. The first kappa shape index (κ1) is 5.74. The van der Waals surface area contributed by atoms with Crippen LogP contribution in [0.25, 0.3) is 0 Å². The SMILES string of the molecule is [CH2]C(C)/C=[C]/C. The highest BCUT2D eigenvalue weighted by molar-refractivity contribution is 4.78. The van der Waals surface area contributed by atoms with Gasteiger partial charge in [0.1, 0.15) is 0 Å². The Morgan fingerprint density at radius 3 is 2.33 bits per heavy atom. The van der Waals surface area contributed by atoms with Gasteiger partial charge >= 0.3 is 0 Å². The van der Waals surface area contributed by atoms with E-state index >= 15 is 0 Å². The van der Waals surface area contributed by atoms with Gasteiger partial charge in [-0.05, 0) is 19.8 Å². The van der Waals surface area contributed by atoms with Gasteiger partial charge in [0.2, 0.25) is 0 Å². The third-order valence-electron chi connectivity index (χ3n) is 0.451. The Balaban J connectivity index is 3.03. The normalized spacial score (nSPS) is 11.3. The largest absolute Gasteiger partial charge is 0.0785 e. The van der Waals surface area contributed by atoms with E-state index in [0.29, 0.717) is 5.92 Å². The van der Waals surface area contributed by atoms with Crippen molar-refractivity contribution in [3.63, 3.8) is 0 Å². The van der Waals surface area contributed by atoms with Crippen LogP contribution < -0.4 is 0 Å². The minimum atomic E-state index is 0.412. The second-order valence-corrected chi connectivity index (χ2v) is 1.43. The van der Waals surface area contributed by atoms with Crippen LogP contribution in [0.5, 0.6) is 0 Å². The van der Waals surface area contributed by atoms with Gasteiger partial charge in [0.05, 0.1) is 0 Å². The molecule has 0 saturated carbocycles. The van der Waals surface area contributed by atoms with E-state index in [2.05, 4.69) is 13.0 Å². The highest BCUT2D eigenvalue weighted by Gasteiger charge is 1.77. The van der Waals surface area contributed by atoms with E-state index < -0.39 is 0 Å². The molecular weight excluding hydrogens is 72.1 g/mol. The zero-order chi connectivity index (χ0) is 4.99. The molecule has 0 heterocycles. The van der Waals surface area contributed by atoms with E-state index in [9.17, 15) is 0 Å². The van der Waals surface area contributed by atoms with Gasteiger partial charge in [0.25, 0.3) is 0 Å². The summed E-state index contributed by atoms with van der Waals surface area (Å²) in [7, 11) is 0. The molecule has 34 valence electrons. The van der Waals surface area contributed by atoms with Crippen molar-refractivity contribution in [1.82, 2.24) is 0 Å². The Morgan fingerprint density at radius 1 is 1.83 bits per heavy atom. The van der Waals surface area contributed by atoms with E-state index in [0.717, 1.165) is 0 Å². The third-order valence-corrected chi connectivity index (χ3v) is 0.451. The number of hydrogen-bond acceptors (Lipinski definition) is 0. The molecule has 0 rings (SSSR count). The van der Waals surface area contributed by atoms with Crippen LogP contribution in [0.1, 0.15) is 13.8 Å². The Kier molecular flexibility index (Phi) is 2.82. The molecule has 0 aromatic rings. The fraction of sp³-hybridized carbons (Fsp3) is 0.500. The van der Waals surface area contributed by atoms with E-state index in [1.54, 1.807) is 0 Å². The van der Waals surface area contributed by atoms with Crippen molar-refractivity contribution in [2.45, 2.75) is 13.8 Å². The number of hydrogen-bond donors (Lipinski definition) is 0. The van der Waals surface area contributed by atoms with Crippen LogP contribution in [-0.2, 0) is 0 Å². The van der Waals surface area contributed by atoms with Gasteiger partial charge in [-0.2, -0.15) is 0 Å². The summed E-state index contributed by atoms with van der Waals surface area (Å²) in [6, 6.07) is 0. The van der Waals surface area contributed by atoms with Crippen LogP contribution in [0.4, 0.5) is 0 Å². The van der Waals surface area contributed by atoms with Crippen molar-refractivity contribution >= 4 is 0 Å². The molecule has 0 heteroatoms. The summed E-state index contributed by atoms with van der Waals surface area (Å²) in [5, 5.41) is 0. The molecule has 2 radical (unpaired) electrons. The maximum Gasteiger partial charge on any atom is -0.0256 e. The van der Waals surface area contributed by atoms with E-state index in [1.807, 2.05) is 19.9 Å². The van der Waals surface area contributed by atoms with Crippen molar-refractivity contribution in [3.05, 3.63) is 19.1 Å². The fourth-order valence-electron chi connectivity index (χ4n) is 0.285. The van der Waals surface area contributed by atoms with E-state index in [-0.39, 0.29) is 0 Å². The van der Waals surface area contributed by atoms with Crippen LogP contribution in [-0.4, -0.2) is 0 Å². The summed E-state index contributed by atoms with van der Waals surface area (Å²) < 4.78 is 0. The Hall–Kier alpha value is -0.260. The standard InChI is InChI=1S/C6H10/c1-4-5-6(2)3/h5-6H,2H2,1,3H3. The highest BCUT2D eigenvalue weighted by Crippen LogP contribution is 1.89. The van der Waals surface area contributed by atoms with Crippen molar-refractivity contribution < 1.29 is 0 Å². The molecule has 0 fully saturated rings. The van der Waals surface area contributed by atoms with Crippen LogP contribution in [0.3, 0.4) is 0 Å². The first-order valence-electron chi connectivity index (χ1n) is 2.11. The predicted molar refractivity (Wildman–Crippen MR) is 28.0 cm³/mol. The molecule has 0 aromatic carbocycles. The second-order valence-electron chi connectivity index (χ2n) is 1.43. The molecule has 0 nitrogen and oxygen atoms in total. The van der Waals surface area contributed by atoms with Gasteiger partial charge in [-0.15, -0.1) is 0 Å². The van der Waals surface area contributed by atoms with Gasteiger partial charge in [-0.3, -0.25) is 0 Å². The van der Waals surface area contributed by atoms with E-state index in [1.165, 1.54) is 0 Å². The van der Waals surface area contributed by atoms with Gasteiger partial charge in [-0.25, -0.2) is 0 Å². The molecule has 0 spiro atoms. The summed E-state index contributed by atoms with van der Waals surface area (Å²) in [5.74, 6) is 0.412. The van der Waals surface area contributed by atoms with Gasteiger partial charge in [0, 0.05) is 0 Å². The fourth-order valence-corrected chi connectivity index (χ4v) is 0.285. The zero-order valence-electron chi connectivity index (χ0n) is 4.36. The summed E-state index contributed by atoms with van der Waals surface area (Å²) in [6.45, 7) is 7.61. The van der Waals surface area contributed by atoms with Gasteiger partial charge in [0.15, 0.2) is 0 Å². The van der Waals surface area contributed by atoms with Crippen molar-refractivity contribution in [2.75, 3.05) is 0 Å². The molecule has 0 N–H and O–H groups in total. The lowest BCUT2D eigenvalue weighted by molar-refractivity contribution is 0.929. The molecular formula is C6H10. The molecule has 1 unspecified atom stereocenters. The van der Waals surface area contributed by atoms with Gasteiger partial charge in [-0.1, -0.05) is 19.1 Å². The van der Waals surface area contributed by atoms with Crippen LogP contribution in [0.2, 0.25) is 0 Å². The quantitative estimate of drug-likeness (QED) is 0.452. The predicted octanol–water partition coefficient (Wildman–Crippen LogP) is 1.84. The van der Waals surface area contributed by atoms with Crippen molar-refractivity contribution in [1.29, 1.82) is 0 Å². The van der Waals surface area contributed by atoms with Crippen LogP contribution >= 0.6 is 0 Å². The molecule has 6 heavy (non-hydrogen) atoms. The zero-order valence-corrected chi connectivity index (χ0v) is 4.36. The Bertz CT molecular complexity index is 42.0.